The molecule has 1 saturated heterocycles. The maximum atomic E-state index is 12.4. The summed E-state index contributed by atoms with van der Waals surface area (Å²) >= 11 is 0. The number of hydrogen-bond acceptors (Lipinski definition) is 4. The minimum atomic E-state index is -1.07. The van der Waals surface area contributed by atoms with E-state index >= 15 is 0 Å². The quantitative estimate of drug-likeness (QED) is 0.723. The van der Waals surface area contributed by atoms with Crippen molar-refractivity contribution in [1.82, 2.24) is 4.90 Å². The van der Waals surface area contributed by atoms with E-state index in [9.17, 15) is 14.7 Å². The van der Waals surface area contributed by atoms with Gasteiger partial charge in [-0.25, -0.2) is 4.79 Å². The Morgan fingerprint density at radius 2 is 2.15 bits per heavy atom. The van der Waals surface area contributed by atoms with Crippen LogP contribution in [0.5, 0.6) is 0 Å². The van der Waals surface area contributed by atoms with E-state index < -0.39 is 18.1 Å². The van der Waals surface area contributed by atoms with Crippen LogP contribution in [0.4, 0.5) is 5.69 Å². The zero-order valence-corrected chi connectivity index (χ0v) is 10.9. The summed E-state index contributed by atoms with van der Waals surface area (Å²) in [5.41, 5.74) is 2.55. The fraction of sp³-hybridized carbons (Fsp3) is 0.429. The first-order chi connectivity index (χ1) is 9.56. The maximum Gasteiger partial charge on any atom is 0.326 e. The molecule has 2 aliphatic rings. The Bertz CT molecular complexity index is 572. The highest BCUT2D eigenvalue weighted by molar-refractivity contribution is 5.98. The van der Waals surface area contributed by atoms with Crippen molar-refractivity contribution in [2.24, 2.45) is 0 Å². The van der Waals surface area contributed by atoms with Gasteiger partial charge in [0.25, 0.3) is 5.91 Å². The number of nitrogens with one attached hydrogen (secondary N) is 1. The molecule has 0 unspecified atom stereocenters. The topological polar surface area (TPSA) is 89.9 Å². The molecule has 1 fully saturated rings. The fourth-order valence-corrected chi connectivity index (χ4v) is 2.86. The second-order valence-electron chi connectivity index (χ2n) is 5.25. The van der Waals surface area contributed by atoms with Gasteiger partial charge in [0.05, 0.1) is 6.10 Å². The normalized spacial score (nSPS) is 24.4. The van der Waals surface area contributed by atoms with Crippen LogP contribution >= 0.6 is 0 Å². The summed E-state index contributed by atoms with van der Waals surface area (Å²) in [7, 11) is 0. The first kappa shape index (κ1) is 12.9. The van der Waals surface area contributed by atoms with E-state index in [-0.39, 0.29) is 18.9 Å². The number of β-amino-alcohol motifs (C(OH)–C–C–N with tert-alkyl or cyclic N) is 1. The second-order valence-corrected chi connectivity index (χ2v) is 5.25. The van der Waals surface area contributed by atoms with Crippen LogP contribution in [0.15, 0.2) is 18.2 Å². The van der Waals surface area contributed by atoms with Crippen LogP contribution in [0.1, 0.15) is 22.3 Å². The summed E-state index contributed by atoms with van der Waals surface area (Å²) < 4.78 is 0. The van der Waals surface area contributed by atoms with E-state index in [1.807, 2.05) is 6.07 Å². The first-order valence-electron chi connectivity index (χ1n) is 6.65. The van der Waals surface area contributed by atoms with Gasteiger partial charge in [0, 0.05) is 30.8 Å². The Morgan fingerprint density at radius 1 is 1.35 bits per heavy atom. The van der Waals surface area contributed by atoms with E-state index in [2.05, 4.69) is 5.32 Å². The lowest BCUT2D eigenvalue weighted by atomic mass is 10.1. The van der Waals surface area contributed by atoms with E-state index in [1.54, 1.807) is 12.1 Å². The number of benzene rings is 1. The molecule has 0 aliphatic carbocycles. The molecule has 0 bridgehead atoms. The Kier molecular flexibility index (Phi) is 3.10. The molecule has 1 aromatic rings. The number of aliphatic hydroxyl groups excluding tert-OH is 1. The number of rotatable bonds is 2. The lowest BCUT2D eigenvalue weighted by molar-refractivity contribution is -0.141. The third-order valence-electron chi connectivity index (χ3n) is 3.89. The monoisotopic (exact) mass is 276 g/mol. The molecule has 6 heteroatoms. The molecular formula is C14H16N2O4. The number of carboxylic acids is 1. The molecule has 1 aromatic carbocycles. The molecule has 0 spiro atoms. The number of carboxylic acid groups (broad SMARTS) is 1. The van der Waals surface area contributed by atoms with Crippen molar-refractivity contribution < 1.29 is 19.8 Å². The number of likely N-dealkylation sites (tertiary alicyclic amines) is 1. The lowest BCUT2D eigenvalue weighted by Gasteiger charge is -2.21. The van der Waals surface area contributed by atoms with Gasteiger partial charge < -0.3 is 20.4 Å². The molecule has 1 amide bonds. The Morgan fingerprint density at radius 3 is 2.90 bits per heavy atom. The Labute approximate surface area is 116 Å². The molecule has 20 heavy (non-hydrogen) atoms. The Balaban J connectivity index is 1.86. The molecule has 106 valence electrons. The van der Waals surface area contributed by atoms with Crippen molar-refractivity contribution in [1.29, 1.82) is 0 Å². The van der Waals surface area contributed by atoms with Crippen LogP contribution in [0.2, 0.25) is 0 Å². The van der Waals surface area contributed by atoms with Gasteiger partial charge >= 0.3 is 5.97 Å². The molecular weight excluding hydrogens is 260 g/mol. The molecule has 6 nitrogen and oxygen atoms in total. The molecule has 0 radical (unpaired) electrons. The molecule has 0 aromatic heterocycles. The molecule has 0 saturated carbocycles. The summed E-state index contributed by atoms with van der Waals surface area (Å²) in [4.78, 5) is 24.8. The number of aliphatic carboxylic acids is 1. The highest BCUT2D eigenvalue weighted by Gasteiger charge is 2.39. The molecule has 2 heterocycles. The minimum Gasteiger partial charge on any atom is -0.480 e. The van der Waals surface area contributed by atoms with Crippen molar-refractivity contribution in [3.05, 3.63) is 29.3 Å². The van der Waals surface area contributed by atoms with Crippen molar-refractivity contribution in [2.45, 2.75) is 25.0 Å². The number of carbonyl (C=O) groups is 2. The van der Waals surface area contributed by atoms with E-state index in [0.717, 1.165) is 24.2 Å². The zero-order chi connectivity index (χ0) is 14.3. The summed E-state index contributed by atoms with van der Waals surface area (Å²) in [6, 6.07) is 4.43. The minimum absolute atomic E-state index is 0.0698. The van der Waals surface area contributed by atoms with Crippen molar-refractivity contribution in [3.8, 4) is 0 Å². The fourth-order valence-electron chi connectivity index (χ4n) is 2.86. The smallest absolute Gasteiger partial charge is 0.326 e. The summed E-state index contributed by atoms with van der Waals surface area (Å²) in [5, 5.41) is 21.9. The van der Waals surface area contributed by atoms with Crippen molar-refractivity contribution >= 4 is 17.6 Å². The van der Waals surface area contributed by atoms with E-state index in [0.29, 0.717) is 5.56 Å². The number of hydrogen-bond donors (Lipinski definition) is 3. The molecule has 3 rings (SSSR count). The molecule has 2 aliphatic heterocycles. The van der Waals surface area contributed by atoms with Crippen LogP contribution in [0.3, 0.4) is 0 Å². The lowest BCUT2D eigenvalue weighted by Crippen LogP contribution is -2.40. The van der Waals surface area contributed by atoms with Gasteiger partial charge in [-0.3, -0.25) is 4.79 Å². The first-order valence-corrected chi connectivity index (χ1v) is 6.65. The zero-order valence-electron chi connectivity index (χ0n) is 10.9. The van der Waals surface area contributed by atoms with Gasteiger partial charge in [0.1, 0.15) is 6.04 Å². The molecule has 3 N–H and O–H groups in total. The summed E-state index contributed by atoms with van der Waals surface area (Å²) in [5.74, 6) is -1.42. The predicted octanol–water partition coefficient (Wildman–Crippen LogP) is 0.315. The maximum absolute atomic E-state index is 12.4. The van der Waals surface area contributed by atoms with E-state index in [4.69, 9.17) is 5.11 Å². The number of anilines is 1. The largest absolute Gasteiger partial charge is 0.480 e. The number of amides is 1. The van der Waals surface area contributed by atoms with Crippen LogP contribution < -0.4 is 5.32 Å². The van der Waals surface area contributed by atoms with Crippen molar-refractivity contribution in [3.63, 3.8) is 0 Å². The number of fused-ring (bicyclic) bond motifs is 1. The SMILES string of the molecule is O=C(O)[C@H]1C[C@@H](O)CN1C(=O)c1ccc2c(c1)NCC2. The third-order valence-corrected chi connectivity index (χ3v) is 3.89. The highest BCUT2D eigenvalue weighted by Crippen LogP contribution is 2.26. The van der Waals surface area contributed by atoms with Crippen LogP contribution in [-0.4, -0.2) is 52.2 Å². The standard InChI is InChI=1S/C14H16N2O4/c17-10-6-12(14(19)20)16(7-10)13(18)9-2-1-8-3-4-15-11(8)5-9/h1-2,5,10,12,15,17H,3-4,6-7H2,(H,19,20)/t10-,12-/m1/s1. The Hall–Kier alpha value is -2.08. The van der Waals surface area contributed by atoms with Crippen LogP contribution in [0, 0.1) is 0 Å². The second kappa shape index (κ2) is 4.79. The van der Waals surface area contributed by atoms with Gasteiger partial charge in [-0.2, -0.15) is 0 Å². The number of carbonyl (C=O) groups excluding carboxylic acids is 1. The average molecular weight is 276 g/mol. The molecule has 2 atom stereocenters. The van der Waals surface area contributed by atoms with Gasteiger partial charge in [0.15, 0.2) is 0 Å². The van der Waals surface area contributed by atoms with Gasteiger partial charge in [-0.15, -0.1) is 0 Å². The van der Waals surface area contributed by atoms with Gasteiger partial charge in [0.2, 0.25) is 0 Å². The van der Waals surface area contributed by atoms with Gasteiger partial charge in [-0.05, 0) is 24.1 Å². The third kappa shape index (κ3) is 2.12. The summed E-state index contributed by atoms with van der Waals surface area (Å²) in [6.45, 7) is 0.924. The average Bonchev–Trinajstić information content (AvgIpc) is 3.02. The predicted molar refractivity (Wildman–Crippen MR) is 71.7 cm³/mol. The highest BCUT2D eigenvalue weighted by atomic mass is 16.4. The number of aliphatic hydroxyl groups is 1. The summed E-state index contributed by atoms with van der Waals surface area (Å²) in [6.07, 6.45) is 0.251. The van der Waals surface area contributed by atoms with Crippen LogP contribution in [-0.2, 0) is 11.2 Å². The van der Waals surface area contributed by atoms with Crippen molar-refractivity contribution in [2.75, 3.05) is 18.4 Å². The number of nitrogens with zero attached hydrogens (tertiary/aromatic N) is 1. The van der Waals surface area contributed by atoms with Crippen LogP contribution in [0.25, 0.3) is 0 Å². The van der Waals surface area contributed by atoms with E-state index in [1.165, 1.54) is 4.90 Å². The van der Waals surface area contributed by atoms with Gasteiger partial charge in [-0.1, -0.05) is 6.07 Å².